The van der Waals surface area contributed by atoms with Gasteiger partial charge >= 0.3 is 5.97 Å². The zero-order chi connectivity index (χ0) is 10.4. The van der Waals surface area contributed by atoms with Crippen molar-refractivity contribution in [1.82, 2.24) is 0 Å². The smallest absolute Gasteiger partial charge is 0.342 e. The van der Waals surface area contributed by atoms with Gasteiger partial charge < -0.3 is 9.84 Å². The summed E-state index contributed by atoms with van der Waals surface area (Å²) in [6, 6.07) is 6.30. The molecule has 0 heterocycles. The highest BCUT2D eigenvalue weighted by atomic mass is 16.5. The van der Waals surface area contributed by atoms with Gasteiger partial charge in [0.1, 0.15) is 17.9 Å². The summed E-state index contributed by atoms with van der Waals surface area (Å²) in [6.45, 7) is 2.07. The summed E-state index contributed by atoms with van der Waals surface area (Å²) in [7, 11) is 0. The van der Waals surface area contributed by atoms with Crippen molar-refractivity contribution in [1.29, 1.82) is 0 Å². The van der Waals surface area contributed by atoms with Crippen LogP contribution < -0.4 is 0 Å². The van der Waals surface area contributed by atoms with Crippen molar-refractivity contribution in [2.45, 2.75) is 6.92 Å². The summed E-state index contributed by atoms with van der Waals surface area (Å²) < 4.78 is 4.86. The molecule has 1 rings (SSSR count). The molecule has 0 atom stereocenters. The molecule has 74 valence electrons. The van der Waals surface area contributed by atoms with E-state index in [1.807, 2.05) is 6.92 Å². The predicted molar refractivity (Wildman–Crippen MR) is 53.2 cm³/mol. The van der Waals surface area contributed by atoms with Crippen LogP contribution in [0.1, 0.15) is 17.3 Å². The molecule has 14 heavy (non-hydrogen) atoms. The fraction of sp³-hybridized carbons (Fsp3) is 0.182. The average Bonchev–Trinajstić information content (AvgIpc) is 2.18. The zero-order valence-corrected chi connectivity index (χ0v) is 7.93. The van der Waals surface area contributed by atoms with E-state index in [0.29, 0.717) is 0 Å². The van der Waals surface area contributed by atoms with Crippen LogP contribution in [0.5, 0.6) is 5.75 Å². The topological polar surface area (TPSA) is 46.5 Å². The molecule has 0 aliphatic carbocycles. The van der Waals surface area contributed by atoms with Crippen molar-refractivity contribution in [2.75, 3.05) is 6.61 Å². The minimum atomic E-state index is -0.513. The highest BCUT2D eigenvalue weighted by Crippen LogP contribution is 2.16. The molecule has 0 aliphatic heterocycles. The highest BCUT2D eigenvalue weighted by Gasteiger charge is 2.10. The Labute approximate surface area is 82.6 Å². The van der Waals surface area contributed by atoms with Crippen LogP contribution >= 0.6 is 0 Å². The molecule has 0 bridgehead atoms. The normalized spacial score (nSPS) is 10.4. The third kappa shape index (κ3) is 2.62. The third-order valence-corrected chi connectivity index (χ3v) is 1.67. The molecule has 0 fully saturated rings. The van der Waals surface area contributed by atoms with Crippen molar-refractivity contribution in [3.63, 3.8) is 0 Å². The summed E-state index contributed by atoms with van der Waals surface area (Å²) in [5, 5.41) is 9.32. The first-order valence-electron chi connectivity index (χ1n) is 4.32. The first-order valence-corrected chi connectivity index (χ1v) is 4.32. The molecule has 3 nitrogen and oxygen atoms in total. The molecule has 0 radical (unpaired) electrons. The Bertz CT molecular complexity index is 342. The van der Waals surface area contributed by atoms with E-state index >= 15 is 0 Å². The average molecular weight is 192 g/mol. The Hall–Kier alpha value is -1.77. The number of carbonyl (C=O) groups is 1. The van der Waals surface area contributed by atoms with Gasteiger partial charge in [0.15, 0.2) is 0 Å². The number of phenols is 1. The third-order valence-electron chi connectivity index (χ3n) is 1.67. The van der Waals surface area contributed by atoms with Gasteiger partial charge in [0.05, 0.1) is 0 Å². The number of para-hydroxylation sites is 1. The fourth-order valence-electron chi connectivity index (χ4n) is 0.944. The number of allylic oxidation sites excluding steroid dienone is 1. The molecule has 0 saturated carbocycles. The number of hydrogen-bond acceptors (Lipinski definition) is 3. The van der Waals surface area contributed by atoms with Crippen molar-refractivity contribution in [3.05, 3.63) is 42.0 Å². The van der Waals surface area contributed by atoms with Gasteiger partial charge in [-0.25, -0.2) is 4.79 Å². The van der Waals surface area contributed by atoms with Crippen LogP contribution in [0.4, 0.5) is 0 Å². The van der Waals surface area contributed by atoms with E-state index in [-0.39, 0.29) is 17.9 Å². The second-order valence-electron chi connectivity index (χ2n) is 2.68. The Kier molecular flexibility index (Phi) is 3.73. The Morgan fingerprint density at radius 3 is 2.86 bits per heavy atom. The number of carbonyl (C=O) groups excluding carboxylic acids is 1. The molecule has 0 amide bonds. The molecular weight excluding hydrogens is 180 g/mol. The molecule has 3 heteroatoms. The first kappa shape index (κ1) is 10.3. The van der Waals surface area contributed by atoms with Crippen molar-refractivity contribution >= 4 is 5.97 Å². The summed E-state index contributed by atoms with van der Waals surface area (Å²) in [5.74, 6) is -0.570. The second-order valence-corrected chi connectivity index (χ2v) is 2.68. The van der Waals surface area contributed by atoms with Gasteiger partial charge in [-0.3, -0.25) is 0 Å². The maximum atomic E-state index is 11.3. The molecule has 0 saturated heterocycles. The molecular formula is C11H12O3. The van der Waals surface area contributed by atoms with E-state index in [2.05, 4.69) is 0 Å². The molecule has 0 unspecified atom stereocenters. The SMILES string of the molecule is CC=CCOC(=O)c1ccccc1O. The lowest BCUT2D eigenvalue weighted by Crippen LogP contribution is -2.05. The van der Waals surface area contributed by atoms with Crippen LogP contribution in [-0.2, 0) is 4.74 Å². The molecule has 0 spiro atoms. The standard InChI is InChI=1S/C11H12O3/c1-2-3-8-14-11(13)9-6-4-5-7-10(9)12/h2-7,12H,8H2,1H3. The number of benzene rings is 1. The summed E-state index contributed by atoms with van der Waals surface area (Å²) >= 11 is 0. The predicted octanol–water partition coefficient (Wildman–Crippen LogP) is 2.13. The maximum absolute atomic E-state index is 11.3. The lowest BCUT2D eigenvalue weighted by molar-refractivity contribution is 0.0546. The van der Waals surface area contributed by atoms with Crippen molar-refractivity contribution < 1.29 is 14.6 Å². The van der Waals surface area contributed by atoms with Crippen LogP contribution in [0, 0.1) is 0 Å². The first-order chi connectivity index (χ1) is 6.75. The number of phenolic OH excluding ortho intramolecular Hbond substituents is 1. The molecule has 1 aromatic carbocycles. The van der Waals surface area contributed by atoms with Gasteiger partial charge in [-0.15, -0.1) is 0 Å². The van der Waals surface area contributed by atoms with E-state index in [0.717, 1.165) is 0 Å². The number of esters is 1. The largest absolute Gasteiger partial charge is 0.507 e. The lowest BCUT2D eigenvalue weighted by atomic mass is 10.2. The Morgan fingerprint density at radius 2 is 2.21 bits per heavy atom. The molecule has 0 aliphatic rings. The van der Waals surface area contributed by atoms with Crippen molar-refractivity contribution in [3.8, 4) is 5.75 Å². The van der Waals surface area contributed by atoms with E-state index in [4.69, 9.17) is 4.74 Å². The van der Waals surface area contributed by atoms with Gasteiger partial charge in [-0.1, -0.05) is 24.3 Å². The Balaban J connectivity index is 2.65. The number of hydrogen-bond donors (Lipinski definition) is 1. The van der Waals surface area contributed by atoms with Gasteiger partial charge in [-0.05, 0) is 19.1 Å². The van der Waals surface area contributed by atoms with E-state index in [1.165, 1.54) is 12.1 Å². The molecule has 1 N–H and O–H groups in total. The van der Waals surface area contributed by atoms with Crippen molar-refractivity contribution in [2.24, 2.45) is 0 Å². The van der Waals surface area contributed by atoms with Gasteiger partial charge in [0.2, 0.25) is 0 Å². The second kappa shape index (κ2) is 5.07. The number of rotatable bonds is 3. The van der Waals surface area contributed by atoms with Crippen LogP contribution in [0.3, 0.4) is 0 Å². The summed E-state index contributed by atoms with van der Waals surface area (Å²) in [6.07, 6.45) is 3.51. The minimum absolute atomic E-state index is 0.0574. The monoisotopic (exact) mass is 192 g/mol. The summed E-state index contributed by atoms with van der Waals surface area (Å²) in [5.41, 5.74) is 0.192. The quantitative estimate of drug-likeness (QED) is 0.589. The number of aromatic hydroxyl groups is 1. The van der Waals surface area contributed by atoms with Gasteiger partial charge in [-0.2, -0.15) is 0 Å². The van der Waals surface area contributed by atoms with Crippen LogP contribution in [0.25, 0.3) is 0 Å². The van der Waals surface area contributed by atoms with Gasteiger partial charge in [0.25, 0.3) is 0 Å². The number of ether oxygens (including phenoxy) is 1. The van der Waals surface area contributed by atoms with Crippen LogP contribution in [0.15, 0.2) is 36.4 Å². The fourth-order valence-corrected chi connectivity index (χ4v) is 0.944. The lowest BCUT2D eigenvalue weighted by Gasteiger charge is -2.03. The zero-order valence-electron chi connectivity index (χ0n) is 7.93. The van der Waals surface area contributed by atoms with Crippen LogP contribution in [-0.4, -0.2) is 17.7 Å². The van der Waals surface area contributed by atoms with E-state index < -0.39 is 5.97 Å². The van der Waals surface area contributed by atoms with E-state index in [1.54, 1.807) is 24.3 Å². The van der Waals surface area contributed by atoms with Gasteiger partial charge in [0, 0.05) is 0 Å². The van der Waals surface area contributed by atoms with Crippen LogP contribution in [0.2, 0.25) is 0 Å². The maximum Gasteiger partial charge on any atom is 0.342 e. The summed E-state index contributed by atoms with van der Waals surface area (Å²) in [4.78, 5) is 11.3. The minimum Gasteiger partial charge on any atom is -0.507 e. The van der Waals surface area contributed by atoms with E-state index in [9.17, 15) is 9.90 Å². The highest BCUT2D eigenvalue weighted by molar-refractivity contribution is 5.92. The Morgan fingerprint density at radius 1 is 1.50 bits per heavy atom. The molecule has 1 aromatic rings. The molecule has 0 aromatic heterocycles.